The zero-order chi connectivity index (χ0) is 15.0. The lowest BCUT2D eigenvalue weighted by Crippen LogP contribution is -2.36. The van der Waals surface area contributed by atoms with Gasteiger partial charge in [-0.2, -0.15) is 0 Å². The fourth-order valence-corrected chi connectivity index (χ4v) is 4.30. The maximum Gasteiger partial charge on any atom is 0.165 e. The van der Waals surface area contributed by atoms with Crippen molar-refractivity contribution in [1.82, 2.24) is 4.90 Å². The van der Waals surface area contributed by atoms with E-state index >= 15 is 0 Å². The minimum Gasteiger partial charge on any atom is -0.300 e. The fraction of sp³-hybridized carbons (Fsp3) is 0.632. The van der Waals surface area contributed by atoms with Crippen LogP contribution in [-0.4, -0.2) is 29.8 Å². The van der Waals surface area contributed by atoms with Crippen LogP contribution < -0.4 is 0 Å². The van der Waals surface area contributed by atoms with Gasteiger partial charge in [-0.1, -0.05) is 39.0 Å². The number of carbonyl (C=O) groups is 1. The van der Waals surface area contributed by atoms with E-state index in [1.54, 1.807) is 0 Å². The molecule has 0 aromatic heterocycles. The zero-order valence-electron chi connectivity index (χ0n) is 13.6. The summed E-state index contributed by atoms with van der Waals surface area (Å²) in [6.07, 6.45) is 4.84. The van der Waals surface area contributed by atoms with E-state index in [0.29, 0.717) is 17.7 Å². The summed E-state index contributed by atoms with van der Waals surface area (Å²) in [6, 6.07) is 7.05. The molecular weight excluding hydrogens is 258 g/mol. The number of aryl methyl sites for hydroxylation is 1. The van der Waals surface area contributed by atoms with Crippen molar-refractivity contribution in [3.05, 3.63) is 34.9 Å². The summed E-state index contributed by atoms with van der Waals surface area (Å²) < 4.78 is 0. The zero-order valence-corrected chi connectivity index (χ0v) is 13.6. The summed E-state index contributed by atoms with van der Waals surface area (Å²) in [5, 5.41) is 0. The van der Waals surface area contributed by atoms with Crippen LogP contribution in [-0.2, 0) is 6.42 Å². The monoisotopic (exact) mass is 285 g/mol. The first-order valence-corrected chi connectivity index (χ1v) is 8.53. The highest BCUT2D eigenvalue weighted by Crippen LogP contribution is 2.43. The molecular formula is C19H27NO. The highest BCUT2D eigenvalue weighted by molar-refractivity contribution is 5.99. The van der Waals surface area contributed by atoms with E-state index in [9.17, 15) is 4.79 Å². The van der Waals surface area contributed by atoms with Gasteiger partial charge in [-0.15, -0.1) is 0 Å². The van der Waals surface area contributed by atoms with Crippen LogP contribution >= 0.6 is 0 Å². The summed E-state index contributed by atoms with van der Waals surface area (Å²) in [5.74, 6) is 0.991. The Hall–Kier alpha value is -1.15. The number of nitrogens with zero attached hydrogens (tertiary/aromatic N) is 1. The maximum atomic E-state index is 12.6. The molecule has 1 fully saturated rings. The van der Waals surface area contributed by atoms with Crippen molar-refractivity contribution in [3.63, 3.8) is 0 Å². The van der Waals surface area contributed by atoms with Crippen molar-refractivity contribution < 1.29 is 4.79 Å². The van der Waals surface area contributed by atoms with Gasteiger partial charge in [-0.3, -0.25) is 9.69 Å². The van der Waals surface area contributed by atoms with Crippen LogP contribution in [0.1, 0.15) is 67.4 Å². The molecule has 1 aromatic carbocycles. The number of fused-ring (bicyclic) bond motifs is 3. The first-order valence-electron chi connectivity index (χ1n) is 8.53. The lowest BCUT2D eigenvalue weighted by atomic mass is 9.75. The van der Waals surface area contributed by atoms with Crippen LogP contribution in [0.2, 0.25) is 0 Å². The van der Waals surface area contributed by atoms with E-state index < -0.39 is 0 Å². The maximum absolute atomic E-state index is 12.6. The Labute approximate surface area is 128 Å². The van der Waals surface area contributed by atoms with Crippen LogP contribution in [0.3, 0.4) is 0 Å². The second kappa shape index (κ2) is 5.92. The molecule has 1 heterocycles. The Morgan fingerprint density at radius 1 is 1.33 bits per heavy atom. The van der Waals surface area contributed by atoms with Crippen molar-refractivity contribution in [2.45, 2.75) is 58.4 Å². The van der Waals surface area contributed by atoms with Crippen LogP contribution in [0.15, 0.2) is 18.2 Å². The summed E-state index contributed by atoms with van der Waals surface area (Å²) in [5.41, 5.74) is 3.84. The van der Waals surface area contributed by atoms with E-state index in [1.165, 1.54) is 43.5 Å². The molecule has 1 aliphatic heterocycles. The second-order valence-corrected chi connectivity index (χ2v) is 6.93. The third-order valence-electron chi connectivity index (χ3n) is 5.24. The molecule has 2 atom stereocenters. The van der Waals surface area contributed by atoms with Gasteiger partial charge in [0.2, 0.25) is 0 Å². The van der Waals surface area contributed by atoms with E-state index in [1.807, 2.05) is 13.8 Å². The number of Topliss-reactive ketones (excluding diaryl/α,β-unsaturated/α-hetero) is 1. The molecule has 0 unspecified atom stereocenters. The molecule has 0 N–H and O–H groups in total. The highest BCUT2D eigenvalue weighted by atomic mass is 16.1. The lowest BCUT2D eigenvalue weighted by Gasteiger charge is -2.34. The molecule has 1 aromatic rings. The van der Waals surface area contributed by atoms with Gasteiger partial charge in [0.25, 0.3) is 0 Å². The van der Waals surface area contributed by atoms with Gasteiger partial charge in [0, 0.05) is 23.4 Å². The quantitative estimate of drug-likeness (QED) is 0.778. The summed E-state index contributed by atoms with van der Waals surface area (Å²) in [7, 11) is 0. The number of ketones is 1. The van der Waals surface area contributed by atoms with Crippen molar-refractivity contribution in [3.8, 4) is 0 Å². The predicted molar refractivity (Wildman–Crippen MR) is 86.9 cm³/mol. The largest absolute Gasteiger partial charge is 0.300 e. The normalized spacial score (nSPS) is 25.0. The molecule has 0 bridgehead atoms. The minimum atomic E-state index is 0.0880. The summed E-state index contributed by atoms with van der Waals surface area (Å²) in [6.45, 7) is 8.70. The number of rotatable bonds is 4. The first kappa shape index (κ1) is 14.8. The molecule has 0 amide bonds. The van der Waals surface area contributed by atoms with Crippen molar-refractivity contribution in [2.24, 2.45) is 5.92 Å². The number of benzene rings is 1. The van der Waals surface area contributed by atoms with E-state index in [2.05, 4.69) is 30.0 Å². The molecule has 3 rings (SSSR count). The van der Waals surface area contributed by atoms with Crippen molar-refractivity contribution in [1.29, 1.82) is 0 Å². The van der Waals surface area contributed by atoms with Crippen LogP contribution in [0.5, 0.6) is 0 Å². The standard InChI is InChI=1S/C19H27NO/c1-4-11-20-12-10-15-17(20)9-8-14-6-5-7-16(18(14)15)19(21)13(2)3/h5-7,13,15,17H,4,8-12H2,1-3H3/t15-,17-/m1/s1. The number of hydrogen-bond acceptors (Lipinski definition) is 2. The molecule has 0 saturated carbocycles. The molecule has 1 saturated heterocycles. The van der Waals surface area contributed by atoms with Gasteiger partial charge in [0.05, 0.1) is 0 Å². The first-order chi connectivity index (χ1) is 10.1. The predicted octanol–water partition coefficient (Wildman–Crippen LogP) is 4.04. The van der Waals surface area contributed by atoms with Gasteiger partial charge in [-0.05, 0) is 49.9 Å². The molecule has 0 spiro atoms. The third kappa shape index (κ3) is 2.55. The van der Waals surface area contributed by atoms with Gasteiger partial charge < -0.3 is 0 Å². The number of likely N-dealkylation sites (tertiary alicyclic amines) is 1. The molecule has 1 aliphatic carbocycles. The molecule has 0 radical (unpaired) electrons. The Balaban J connectivity index is 1.99. The van der Waals surface area contributed by atoms with Gasteiger partial charge in [-0.25, -0.2) is 0 Å². The van der Waals surface area contributed by atoms with Crippen LogP contribution in [0, 0.1) is 5.92 Å². The van der Waals surface area contributed by atoms with E-state index in [0.717, 1.165) is 12.0 Å². The highest BCUT2D eigenvalue weighted by Gasteiger charge is 2.40. The van der Waals surface area contributed by atoms with Crippen molar-refractivity contribution >= 4 is 5.78 Å². The van der Waals surface area contributed by atoms with Crippen molar-refractivity contribution in [2.75, 3.05) is 13.1 Å². The van der Waals surface area contributed by atoms with E-state index in [-0.39, 0.29) is 5.92 Å². The van der Waals surface area contributed by atoms with Crippen LogP contribution in [0.4, 0.5) is 0 Å². The van der Waals surface area contributed by atoms with Gasteiger partial charge in [0.1, 0.15) is 0 Å². The minimum absolute atomic E-state index is 0.0880. The Morgan fingerprint density at radius 2 is 2.14 bits per heavy atom. The summed E-state index contributed by atoms with van der Waals surface area (Å²) >= 11 is 0. The third-order valence-corrected chi connectivity index (χ3v) is 5.24. The molecule has 2 heteroatoms. The average molecular weight is 285 g/mol. The Morgan fingerprint density at radius 3 is 2.86 bits per heavy atom. The van der Waals surface area contributed by atoms with E-state index in [4.69, 9.17) is 0 Å². The molecule has 2 nitrogen and oxygen atoms in total. The van der Waals surface area contributed by atoms with Gasteiger partial charge in [0.15, 0.2) is 5.78 Å². The molecule has 2 aliphatic rings. The SMILES string of the molecule is CCCN1CC[C@H]2c3c(cccc3C(=O)C(C)C)CC[C@H]21. The smallest absolute Gasteiger partial charge is 0.165 e. The summed E-state index contributed by atoms with van der Waals surface area (Å²) in [4.78, 5) is 15.3. The van der Waals surface area contributed by atoms with Gasteiger partial charge >= 0.3 is 0 Å². The second-order valence-electron chi connectivity index (χ2n) is 6.93. The number of hydrogen-bond donors (Lipinski definition) is 0. The number of carbonyl (C=O) groups excluding carboxylic acids is 1. The van der Waals surface area contributed by atoms with Crippen LogP contribution in [0.25, 0.3) is 0 Å². The fourth-order valence-electron chi connectivity index (χ4n) is 4.30. The molecule has 114 valence electrons. The lowest BCUT2D eigenvalue weighted by molar-refractivity contribution is 0.0937. The topological polar surface area (TPSA) is 20.3 Å². The Kier molecular flexibility index (Phi) is 4.17. The Bertz CT molecular complexity index is 534. The molecule has 21 heavy (non-hydrogen) atoms. The average Bonchev–Trinajstić information content (AvgIpc) is 2.89.